The van der Waals surface area contributed by atoms with Crippen molar-refractivity contribution in [2.45, 2.75) is 11.4 Å². The smallest absolute Gasteiger partial charge is 0.336 e. The monoisotopic (exact) mass is 385 g/mol. The van der Waals surface area contributed by atoms with Gasteiger partial charge in [0.25, 0.3) is 0 Å². The molecule has 0 amide bonds. The molecule has 0 radical (unpaired) electrons. The van der Waals surface area contributed by atoms with Crippen LogP contribution >= 0.6 is 11.8 Å². The Morgan fingerprint density at radius 1 is 1.11 bits per heavy atom. The molecule has 140 valence electrons. The lowest BCUT2D eigenvalue weighted by molar-refractivity contribution is -0.690. The molecule has 1 fully saturated rings. The molecule has 7 heteroatoms. The maximum Gasteiger partial charge on any atom is 0.336 e. The Morgan fingerprint density at radius 2 is 1.78 bits per heavy atom. The van der Waals surface area contributed by atoms with Crippen LogP contribution in [0.15, 0.2) is 54.6 Å². The zero-order valence-electron chi connectivity index (χ0n) is 14.7. The largest absolute Gasteiger partial charge is 0.544 e. The van der Waals surface area contributed by atoms with E-state index < -0.39 is 18.0 Å². The topological polar surface area (TPSA) is 92.3 Å². The summed E-state index contributed by atoms with van der Waals surface area (Å²) in [6.45, 7) is 0. The minimum absolute atomic E-state index is 0.00705. The molecule has 2 N–H and O–H groups in total. The van der Waals surface area contributed by atoms with Crippen LogP contribution in [0.25, 0.3) is 6.08 Å². The van der Waals surface area contributed by atoms with Gasteiger partial charge in [0.2, 0.25) is 0 Å². The predicted molar refractivity (Wildman–Crippen MR) is 100 cm³/mol. The van der Waals surface area contributed by atoms with E-state index in [-0.39, 0.29) is 5.37 Å². The van der Waals surface area contributed by atoms with Crippen molar-refractivity contribution >= 4 is 29.8 Å². The van der Waals surface area contributed by atoms with Crippen molar-refractivity contribution in [3.63, 3.8) is 0 Å². The third kappa shape index (κ3) is 5.12. The first-order valence-corrected chi connectivity index (χ1v) is 9.41. The molecule has 0 spiro atoms. The van der Waals surface area contributed by atoms with E-state index in [4.69, 9.17) is 9.47 Å². The third-order valence-corrected chi connectivity index (χ3v) is 5.46. The summed E-state index contributed by atoms with van der Waals surface area (Å²) in [5.41, 5.74) is 1.83. The summed E-state index contributed by atoms with van der Waals surface area (Å²) in [4.78, 5) is 22.9. The van der Waals surface area contributed by atoms with Crippen LogP contribution in [0.3, 0.4) is 0 Å². The van der Waals surface area contributed by atoms with Crippen LogP contribution < -0.4 is 19.9 Å². The number of carbonyl (C=O) groups excluding carboxylic acids is 2. The van der Waals surface area contributed by atoms with Crippen molar-refractivity contribution in [1.29, 1.82) is 0 Å². The first-order valence-electron chi connectivity index (χ1n) is 8.36. The Balaban J connectivity index is 1.55. The third-order valence-electron chi connectivity index (χ3n) is 4.12. The van der Waals surface area contributed by atoms with Gasteiger partial charge in [0.15, 0.2) is 5.37 Å². The molecular weight excluding hydrogens is 366 g/mol. The second-order valence-corrected chi connectivity index (χ2v) is 7.14. The fraction of sp³-hybridized carbons (Fsp3) is 0.200. The molecule has 1 aliphatic rings. The van der Waals surface area contributed by atoms with Crippen LogP contribution in [0.4, 0.5) is 0 Å². The van der Waals surface area contributed by atoms with Crippen LogP contribution in [-0.4, -0.2) is 30.8 Å². The zero-order chi connectivity index (χ0) is 19.2. The summed E-state index contributed by atoms with van der Waals surface area (Å²) in [5, 5.41) is 12.7. The van der Waals surface area contributed by atoms with Crippen molar-refractivity contribution < 1.29 is 29.5 Å². The van der Waals surface area contributed by atoms with E-state index in [1.54, 1.807) is 42.4 Å². The average Bonchev–Trinajstić information content (AvgIpc) is 3.18. The number of rotatable bonds is 6. The molecule has 1 heterocycles. The molecule has 3 rings (SSSR count). The molecule has 2 atom stereocenters. The summed E-state index contributed by atoms with van der Waals surface area (Å²) in [6.07, 6.45) is 3.03. The van der Waals surface area contributed by atoms with Crippen molar-refractivity contribution in [3.05, 3.63) is 65.7 Å². The van der Waals surface area contributed by atoms with Crippen LogP contribution in [0.2, 0.25) is 0 Å². The zero-order valence-corrected chi connectivity index (χ0v) is 15.5. The van der Waals surface area contributed by atoms with E-state index in [1.165, 1.54) is 6.08 Å². The Hall–Kier alpha value is -2.77. The van der Waals surface area contributed by atoms with Crippen LogP contribution in [0, 0.1) is 0 Å². The number of benzene rings is 2. The second kappa shape index (κ2) is 8.75. The fourth-order valence-electron chi connectivity index (χ4n) is 2.64. The maximum absolute atomic E-state index is 12.0. The Kier molecular flexibility index (Phi) is 6.16. The van der Waals surface area contributed by atoms with Crippen molar-refractivity contribution in [3.8, 4) is 11.5 Å². The van der Waals surface area contributed by atoms with Crippen LogP contribution in [-0.2, 0) is 9.59 Å². The molecule has 27 heavy (non-hydrogen) atoms. The summed E-state index contributed by atoms with van der Waals surface area (Å²) in [6, 6.07) is 13.9. The highest BCUT2D eigenvalue weighted by Gasteiger charge is 2.30. The highest BCUT2D eigenvalue weighted by Crippen LogP contribution is 2.28. The van der Waals surface area contributed by atoms with Gasteiger partial charge in [-0.05, 0) is 48.0 Å². The van der Waals surface area contributed by atoms with Gasteiger partial charge >= 0.3 is 5.97 Å². The van der Waals surface area contributed by atoms with Crippen molar-refractivity contribution in [2.24, 2.45) is 0 Å². The van der Waals surface area contributed by atoms with Gasteiger partial charge < -0.3 is 24.7 Å². The van der Waals surface area contributed by atoms with Crippen LogP contribution in [0.5, 0.6) is 11.5 Å². The summed E-state index contributed by atoms with van der Waals surface area (Å²) >= 11 is 1.56. The number of nitrogens with two attached hydrogens (primary N) is 1. The average molecular weight is 385 g/mol. The molecule has 0 aromatic heterocycles. The number of esters is 1. The standard InChI is InChI=1S/C20H19NO5S/c1-25-15-7-2-13(3-8-15)4-11-18(22)26-16-9-5-14(6-10-16)19-21-17(12-27-19)20(23)24/h2-11,17,19,21H,12H2,1H3,(H,23,24)/b11-4-/t17-,19+/m1/s1. The number of carboxylic acid groups (broad SMARTS) is 1. The van der Waals surface area contributed by atoms with Gasteiger partial charge in [-0.2, -0.15) is 0 Å². The molecule has 6 nitrogen and oxygen atoms in total. The van der Waals surface area contributed by atoms with Gasteiger partial charge in [-0.25, -0.2) is 4.79 Å². The lowest BCUT2D eigenvalue weighted by Gasteiger charge is -2.11. The SMILES string of the molecule is COc1ccc(/C=C\C(=O)Oc2ccc([C@H]3[NH2+][C@@H](C(=O)[O-])CS3)cc2)cc1. The molecule has 0 saturated carbocycles. The van der Waals surface area contributed by atoms with Gasteiger partial charge in [0.1, 0.15) is 23.5 Å². The molecule has 0 aliphatic carbocycles. The minimum Gasteiger partial charge on any atom is -0.544 e. The summed E-state index contributed by atoms with van der Waals surface area (Å²) in [5.74, 6) is 0.178. The number of hydrogen-bond acceptors (Lipinski definition) is 6. The van der Waals surface area contributed by atoms with Gasteiger partial charge in [0, 0.05) is 11.6 Å². The number of quaternary nitrogens is 1. The molecule has 2 aromatic rings. The van der Waals surface area contributed by atoms with Crippen molar-refractivity contribution in [2.75, 3.05) is 12.9 Å². The number of carboxylic acids is 1. The van der Waals surface area contributed by atoms with E-state index >= 15 is 0 Å². The lowest BCUT2D eigenvalue weighted by Crippen LogP contribution is -2.90. The Bertz CT molecular complexity index is 832. The van der Waals surface area contributed by atoms with Gasteiger partial charge in [0.05, 0.1) is 12.9 Å². The highest BCUT2D eigenvalue weighted by atomic mass is 32.2. The highest BCUT2D eigenvalue weighted by molar-refractivity contribution is 7.99. The van der Waals surface area contributed by atoms with Crippen molar-refractivity contribution in [1.82, 2.24) is 0 Å². The van der Waals surface area contributed by atoms with Gasteiger partial charge in [-0.3, -0.25) is 0 Å². The molecule has 0 bridgehead atoms. The number of hydrogen-bond donors (Lipinski definition) is 1. The van der Waals surface area contributed by atoms with E-state index in [0.717, 1.165) is 16.9 Å². The predicted octanol–water partition coefficient (Wildman–Crippen LogP) is 0.741. The quantitative estimate of drug-likeness (QED) is 0.448. The molecule has 1 saturated heterocycles. The van der Waals surface area contributed by atoms with Gasteiger partial charge in [-0.1, -0.05) is 23.9 Å². The number of aliphatic carboxylic acids is 1. The first kappa shape index (κ1) is 19.0. The van der Waals surface area contributed by atoms with E-state index in [1.807, 2.05) is 36.4 Å². The number of carbonyl (C=O) groups is 2. The summed E-state index contributed by atoms with van der Waals surface area (Å²) < 4.78 is 10.4. The molecule has 1 aliphatic heterocycles. The van der Waals surface area contributed by atoms with Crippen LogP contribution in [0.1, 0.15) is 16.5 Å². The molecule has 2 aromatic carbocycles. The maximum atomic E-state index is 12.0. The Morgan fingerprint density at radius 3 is 2.37 bits per heavy atom. The fourth-order valence-corrected chi connectivity index (χ4v) is 3.95. The van der Waals surface area contributed by atoms with Gasteiger partial charge in [-0.15, -0.1) is 0 Å². The van der Waals surface area contributed by atoms with E-state index in [2.05, 4.69) is 0 Å². The number of methoxy groups -OCH3 is 1. The first-order chi connectivity index (χ1) is 13.0. The normalized spacial score (nSPS) is 19.1. The lowest BCUT2D eigenvalue weighted by atomic mass is 10.2. The summed E-state index contributed by atoms with van der Waals surface area (Å²) in [7, 11) is 1.60. The number of ether oxygens (including phenoxy) is 2. The second-order valence-electron chi connectivity index (χ2n) is 5.97. The van der Waals surface area contributed by atoms with E-state index in [9.17, 15) is 14.7 Å². The Labute approximate surface area is 161 Å². The number of thioether (sulfide) groups is 1. The molecule has 0 unspecified atom stereocenters. The molecular formula is C20H19NO5S. The van der Waals surface area contributed by atoms with E-state index in [0.29, 0.717) is 11.5 Å². The minimum atomic E-state index is -1.04.